The van der Waals surface area contributed by atoms with Gasteiger partial charge in [0.1, 0.15) is 11.6 Å². The molecule has 0 radical (unpaired) electrons. The van der Waals surface area contributed by atoms with Gasteiger partial charge in [-0.3, -0.25) is 0 Å². The largest absolute Gasteiger partial charge is 0.393 e. The van der Waals surface area contributed by atoms with E-state index in [0.717, 1.165) is 19.1 Å². The monoisotopic (exact) mass is 242 g/mol. The van der Waals surface area contributed by atoms with E-state index in [-0.39, 0.29) is 6.42 Å². The summed E-state index contributed by atoms with van der Waals surface area (Å²) in [6, 6.07) is 3.36. The Balaban J connectivity index is 1.90. The standard InChI is InChI=1S/C13H16F2O2/c14-11-3-10(4-12(15)7-11)6-13(16)5-9-1-2-17-8-9/h3-4,7,9,13,16H,1-2,5-6,8H2. The van der Waals surface area contributed by atoms with Gasteiger partial charge in [-0.25, -0.2) is 8.78 Å². The lowest BCUT2D eigenvalue weighted by atomic mass is 9.96. The summed E-state index contributed by atoms with van der Waals surface area (Å²) in [7, 11) is 0. The van der Waals surface area contributed by atoms with Crippen molar-refractivity contribution in [2.45, 2.75) is 25.4 Å². The van der Waals surface area contributed by atoms with Crippen LogP contribution in [0.15, 0.2) is 18.2 Å². The van der Waals surface area contributed by atoms with Crippen LogP contribution in [0.25, 0.3) is 0 Å². The van der Waals surface area contributed by atoms with Crippen molar-refractivity contribution >= 4 is 0 Å². The van der Waals surface area contributed by atoms with E-state index in [1.165, 1.54) is 12.1 Å². The first-order chi connectivity index (χ1) is 8.13. The van der Waals surface area contributed by atoms with Crippen molar-refractivity contribution in [3.05, 3.63) is 35.4 Å². The van der Waals surface area contributed by atoms with Crippen molar-refractivity contribution < 1.29 is 18.6 Å². The summed E-state index contributed by atoms with van der Waals surface area (Å²) >= 11 is 0. The second-order valence-electron chi connectivity index (χ2n) is 4.60. The lowest BCUT2D eigenvalue weighted by Gasteiger charge is -2.14. The minimum Gasteiger partial charge on any atom is -0.393 e. The molecular weight excluding hydrogens is 226 g/mol. The Labute approximate surface area is 99.2 Å². The average Bonchev–Trinajstić information content (AvgIpc) is 2.67. The molecule has 4 heteroatoms. The quantitative estimate of drug-likeness (QED) is 0.877. The predicted molar refractivity (Wildman–Crippen MR) is 59.6 cm³/mol. The van der Waals surface area contributed by atoms with E-state index in [2.05, 4.69) is 0 Å². The molecule has 1 N–H and O–H groups in total. The zero-order chi connectivity index (χ0) is 12.3. The maximum atomic E-state index is 12.9. The van der Waals surface area contributed by atoms with Gasteiger partial charge >= 0.3 is 0 Å². The lowest BCUT2D eigenvalue weighted by Crippen LogP contribution is -2.16. The Morgan fingerprint density at radius 2 is 2.00 bits per heavy atom. The Kier molecular flexibility index (Phi) is 4.07. The van der Waals surface area contributed by atoms with Crippen molar-refractivity contribution in [2.24, 2.45) is 5.92 Å². The summed E-state index contributed by atoms with van der Waals surface area (Å²) in [5.41, 5.74) is 0.494. The number of hydrogen-bond acceptors (Lipinski definition) is 2. The van der Waals surface area contributed by atoms with Gasteiger partial charge in [-0.05, 0) is 42.9 Å². The van der Waals surface area contributed by atoms with E-state index in [1.54, 1.807) is 0 Å². The molecule has 0 aromatic heterocycles. The van der Waals surface area contributed by atoms with Crippen molar-refractivity contribution in [1.29, 1.82) is 0 Å². The molecule has 1 aromatic carbocycles. The third-order valence-electron chi connectivity index (χ3n) is 3.02. The molecule has 94 valence electrons. The van der Waals surface area contributed by atoms with Gasteiger partial charge in [0.05, 0.1) is 6.10 Å². The van der Waals surface area contributed by atoms with Crippen LogP contribution in [-0.2, 0) is 11.2 Å². The van der Waals surface area contributed by atoms with Crippen molar-refractivity contribution in [3.63, 3.8) is 0 Å². The first-order valence-electron chi connectivity index (χ1n) is 5.84. The van der Waals surface area contributed by atoms with Gasteiger partial charge in [0, 0.05) is 19.3 Å². The number of benzene rings is 1. The van der Waals surface area contributed by atoms with Crippen LogP contribution in [0.5, 0.6) is 0 Å². The molecule has 0 spiro atoms. The minimum atomic E-state index is -0.601. The van der Waals surface area contributed by atoms with Gasteiger partial charge in [-0.2, -0.15) is 0 Å². The molecule has 0 bridgehead atoms. The summed E-state index contributed by atoms with van der Waals surface area (Å²) in [4.78, 5) is 0. The molecule has 2 rings (SSSR count). The van der Waals surface area contributed by atoms with Crippen LogP contribution in [0.2, 0.25) is 0 Å². The second-order valence-corrected chi connectivity index (χ2v) is 4.60. The topological polar surface area (TPSA) is 29.5 Å². The SMILES string of the molecule is OC(Cc1cc(F)cc(F)c1)CC1CCOC1. The van der Waals surface area contributed by atoms with Gasteiger partial charge in [0.15, 0.2) is 0 Å². The number of aliphatic hydroxyl groups is 1. The van der Waals surface area contributed by atoms with Crippen LogP contribution in [0.4, 0.5) is 8.78 Å². The third-order valence-corrected chi connectivity index (χ3v) is 3.02. The highest BCUT2D eigenvalue weighted by Gasteiger charge is 2.19. The van der Waals surface area contributed by atoms with Crippen LogP contribution < -0.4 is 0 Å². The van der Waals surface area contributed by atoms with E-state index in [0.29, 0.717) is 24.5 Å². The molecule has 1 saturated heterocycles. The van der Waals surface area contributed by atoms with E-state index >= 15 is 0 Å². The van der Waals surface area contributed by atoms with Crippen molar-refractivity contribution in [3.8, 4) is 0 Å². The fourth-order valence-electron chi connectivity index (χ4n) is 2.24. The Bertz CT molecular complexity index is 355. The number of rotatable bonds is 4. The molecular formula is C13H16F2O2. The van der Waals surface area contributed by atoms with Gasteiger partial charge in [-0.1, -0.05) is 0 Å². The second kappa shape index (κ2) is 5.56. The smallest absolute Gasteiger partial charge is 0.126 e. The molecule has 1 aliphatic rings. The summed E-state index contributed by atoms with van der Waals surface area (Å²) in [5.74, 6) is -0.837. The average molecular weight is 242 g/mol. The van der Waals surface area contributed by atoms with E-state index < -0.39 is 17.7 Å². The first-order valence-corrected chi connectivity index (χ1v) is 5.84. The predicted octanol–water partition coefficient (Wildman–Crippen LogP) is 2.29. The minimum absolute atomic E-state index is 0.283. The van der Waals surface area contributed by atoms with Crippen molar-refractivity contribution in [2.75, 3.05) is 13.2 Å². The summed E-state index contributed by atoms with van der Waals surface area (Å²) in [6.45, 7) is 1.42. The molecule has 1 aromatic rings. The van der Waals surface area contributed by atoms with Crippen LogP contribution in [0.1, 0.15) is 18.4 Å². The van der Waals surface area contributed by atoms with Crippen LogP contribution >= 0.6 is 0 Å². The van der Waals surface area contributed by atoms with Crippen LogP contribution in [0.3, 0.4) is 0 Å². The van der Waals surface area contributed by atoms with E-state index in [9.17, 15) is 13.9 Å². The summed E-state index contributed by atoms with van der Waals surface area (Å²) in [6.07, 6.45) is 1.29. The van der Waals surface area contributed by atoms with E-state index in [4.69, 9.17) is 4.74 Å². The molecule has 2 atom stereocenters. The van der Waals surface area contributed by atoms with Gasteiger partial charge in [0.2, 0.25) is 0 Å². The number of ether oxygens (including phenoxy) is 1. The molecule has 0 aliphatic carbocycles. The number of halogens is 2. The maximum Gasteiger partial charge on any atom is 0.126 e. The molecule has 1 aliphatic heterocycles. The van der Waals surface area contributed by atoms with Crippen LogP contribution in [0, 0.1) is 17.6 Å². The number of aliphatic hydroxyl groups excluding tert-OH is 1. The molecule has 17 heavy (non-hydrogen) atoms. The molecule has 0 saturated carbocycles. The van der Waals surface area contributed by atoms with Gasteiger partial charge in [-0.15, -0.1) is 0 Å². The highest BCUT2D eigenvalue weighted by atomic mass is 19.1. The zero-order valence-corrected chi connectivity index (χ0v) is 9.53. The normalized spacial score (nSPS) is 21.7. The Morgan fingerprint density at radius 1 is 1.29 bits per heavy atom. The van der Waals surface area contributed by atoms with Gasteiger partial charge < -0.3 is 9.84 Å². The maximum absolute atomic E-state index is 12.9. The molecule has 1 heterocycles. The fraction of sp³-hybridized carbons (Fsp3) is 0.538. The molecule has 2 unspecified atom stereocenters. The lowest BCUT2D eigenvalue weighted by molar-refractivity contribution is 0.128. The first kappa shape index (κ1) is 12.5. The highest BCUT2D eigenvalue weighted by molar-refractivity contribution is 5.18. The molecule has 1 fully saturated rings. The third kappa shape index (κ3) is 3.75. The zero-order valence-electron chi connectivity index (χ0n) is 9.53. The summed E-state index contributed by atoms with van der Waals surface area (Å²) in [5, 5.41) is 9.84. The molecule has 2 nitrogen and oxygen atoms in total. The van der Waals surface area contributed by atoms with Crippen LogP contribution in [-0.4, -0.2) is 24.4 Å². The van der Waals surface area contributed by atoms with Crippen molar-refractivity contribution in [1.82, 2.24) is 0 Å². The highest BCUT2D eigenvalue weighted by Crippen LogP contribution is 2.20. The van der Waals surface area contributed by atoms with E-state index in [1.807, 2.05) is 0 Å². The fourth-order valence-corrected chi connectivity index (χ4v) is 2.24. The molecule has 0 amide bonds. The Hall–Kier alpha value is -1.00. The summed E-state index contributed by atoms with van der Waals surface area (Å²) < 4.78 is 31.1. The number of hydrogen-bond donors (Lipinski definition) is 1. The Morgan fingerprint density at radius 3 is 2.59 bits per heavy atom. The van der Waals surface area contributed by atoms with Gasteiger partial charge in [0.25, 0.3) is 0 Å².